The van der Waals surface area contributed by atoms with Gasteiger partial charge in [0.1, 0.15) is 5.54 Å². The zero-order valence-electron chi connectivity index (χ0n) is 7.97. The van der Waals surface area contributed by atoms with E-state index in [4.69, 9.17) is 5.84 Å². The summed E-state index contributed by atoms with van der Waals surface area (Å²) in [5, 5.41) is 3.30. The molecule has 0 bridgehead atoms. The molecule has 70 valence electrons. The molecule has 0 saturated carbocycles. The van der Waals surface area contributed by atoms with Gasteiger partial charge in [-0.25, -0.2) is 4.59 Å². The molecule has 2 aliphatic heterocycles. The van der Waals surface area contributed by atoms with E-state index in [0.29, 0.717) is 5.54 Å². The highest BCUT2D eigenvalue weighted by Crippen LogP contribution is 2.42. The highest BCUT2D eigenvalue weighted by molar-refractivity contribution is 4.91. The SMILES string of the molecule is CNCC12CCC[N+]1(N)CCC2. The first-order valence-corrected chi connectivity index (χ1v) is 5.03. The van der Waals surface area contributed by atoms with Gasteiger partial charge in [-0.3, -0.25) is 0 Å². The van der Waals surface area contributed by atoms with Crippen LogP contribution in [0.5, 0.6) is 0 Å². The number of likely N-dealkylation sites (N-methyl/N-ethyl adjacent to an activating group) is 1. The minimum Gasteiger partial charge on any atom is -0.314 e. The maximum absolute atomic E-state index is 6.38. The van der Waals surface area contributed by atoms with Crippen molar-refractivity contribution in [2.24, 2.45) is 5.84 Å². The fourth-order valence-corrected chi connectivity index (χ4v) is 3.20. The van der Waals surface area contributed by atoms with E-state index in [1.54, 1.807) is 0 Å². The van der Waals surface area contributed by atoms with E-state index in [2.05, 4.69) is 5.32 Å². The van der Waals surface area contributed by atoms with Crippen LogP contribution in [0.2, 0.25) is 0 Å². The average Bonchev–Trinajstić information content (AvgIpc) is 2.42. The third kappa shape index (κ3) is 0.934. The molecule has 0 aromatic rings. The Bertz CT molecular complexity index is 169. The zero-order chi connectivity index (χ0) is 8.66. The van der Waals surface area contributed by atoms with Gasteiger partial charge in [-0.1, -0.05) is 0 Å². The molecule has 2 fully saturated rings. The zero-order valence-corrected chi connectivity index (χ0v) is 7.97. The van der Waals surface area contributed by atoms with E-state index in [0.717, 1.165) is 11.1 Å². The lowest BCUT2D eigenvalue weighted by Crippen LogP contribution is -2.64. The van der Waals surface area contributed by atoms with Crippen molar-refractivity contribution in [3.8, 4) is 0 Å². The van der Waals surface area contributed by atoms with E-state index in [1.807, 2.05) is 7.05 Å². The van der Waals surface area contributed by atoms with Crippen molar-refractivity contribution >= 4 is 0 Å². The summed E-state index contributed by atoms with van der Waals surface area (Å²) >= 11 is 0. The Kier molecular flexibility index (Phi) is 1.90. The molecule has 0 unspecified atom stereocenters. The predicted octanol–water partition coefficient (Wildman–Crippen LogP) is 0.223. The molecule has 3 N–H and O–H groups in total. The summed E-state index contributed by atoms with van der Waals surface area (Å²) in [6, 6.07) is 0. The molecule has 0 aliphatic carbocycles. The monoisotopic (exact) mass is 170 g/mol. The summed E-state index contributed by atoms with van der Waals surface area (Å²) in [5.74, 6) is 6.38. The second kappa shape index (κ2) is 2.69. The summed E-state index contributed by atoms with van der Waals surface area (Å²) in [5.41, 5.74) is 0.398. The number of nitrogens with two attached hydrogens (primary N) is 1. The highest BCUT2D eigenvalue weighted by atomic mass is 15.6. The first-order valence-electron chi connectivity index (χ1n) is 5.03. The summed E-state index contributed by atoms with van der Waals surface area (Å²) < 4.78 is 0.855. The minimum absolute atomic E-state index is 0.398. The first-order chi connectivity index (χ1) is 5.72. The van der Waals surface area contributed by atoms with Gasteiger partial charge in [-0.2, -0.15) is 5.84 Å². The normalized spacial score (nSPS) is 46.5. The van der Waals surface area contributed by atoms with Crippen molar-refractivity contribution < 1.29 is 4.59 Å². The maximum Gasteiger partial charge on any atom is 0.129 e. The molecule has 0 atom stereocenters. The number of nitrogens with one attached hydrogen (secondary N) is 1. The average molecular weight is 170 g/mol. The van der Waals surface area contributed by atoms with Crippen LogP contribution in [0, 0.1) is 0 Å². The van der Waals surface area contributed by atoms with Crippen LogP contribution in [0.3, 0.4) is 0 Å². The molecule has 2 saturated heterocycles. The molecule has 0 amide bonds. The van der Waals surface area contributed by atoms with E-state index in [1.165, 1.54) is 38.8 Å². The topological polar surface area (TPSA) is 38.0 Å². The molecule has 0 aromatic heterocycles. The van der Waals surface area contributed by atoms with Gasteiger partial charge in [0.15, 0.2) is 0 Å². The van der Waals surface area contributed by atoms with Gasteiger partial charge in [-0.05, 0) is 7.05 Å². The molecule has 0 aromatic carbocycles. The van der Waals surface area contributed by atoms with Gasteiger partial charge in [-0.15, -0.1) is 0 Å². The second-order valence-electron chi connectivity index (χ2n) is 4.44. The number of rotatable bonds is 2. The number of quaternary nitrogens is 1. The lowest BCUT2D eigenvalue weighted by atomic mass is 9.94. The molecule has 0 spiro atoms. The van der Waals surface area contributed by atoms with Gasteiger partial charge in [0, 0.05) is 25.7 Å². The summed E-state index contributed by atoms with van der Waals surface area (Å²) in [6.45, 7) is 3.49. The lowest BCUT2D eigenvalue weighted by Gasteiger charge is -2.38. The number of hydrogen-bond acceptors (Lipinski definition) is 2. The van der Waals surface area contributed by atoms with Gasteiger partial charge in [0.05, 0.1) is 19.6 Å². The number of nitrogens with zero attached hydrogens (tertiary/aromatic N) is 1. The van der Waals surface area contributed by atoms with Gasteiger partial charge in [0.25, 0.3) is 0 Å². The highest BCUT2D eigenvalue weighted by Gasteiger charge is 2.56. The smallest absolute Gasteiger partial charge is 0.129 e. The Balaban J connectivity index is 2.20. The van der Waals surface area contributed by atoms with Crippen LogP contribution in [0.15, 0.2) is 0 Å². The molecule has 2 rings (SSSR count). The summed E-state index contributed by atoms with van der Waals surface area (Å²) in [6.07, 6.45) is 5.28. The fourth-order valence-electron chi connectivity index (χ4n) is 3.20. The van der Waals surface area contributed by atoms with Crippen LogP contribution in [0.1, 0.15) is 25.7 Å². The molecule has 3 nitrogen and oxygen atoms in total. The van der Waals surface area contributed by atoms with Gasteiger partial charge in [0.2, 0.25) is 0 Å². The molecule has 2 heterocycles. The van der Waals surface area contributed by atoms with Crippen molar-refractivity contribution in [3.05, 3.63) is 0 Å². The van der Waals surface area contributed by atoms with Crippen molar-refractivity contribution in [2.75, 3.05) is 26.7 Å². The van der Waals surface area contributed by atoms with Crippen LogP contribution < -0.4 is 11.2 Å². The van der Waals surface area contributed by atoms with Crippen LogP contribution in [-0.4, -0.2) is 36.8 Å². The Morgan fingerprint density at radius 1 is 1.33 bits per heavy atom. The molecule has 0 radical (unpaired) electrons. The Hall–Kier alpha value is -0.120. The summed E-state index contributed by atoms with van der Waals surface area (Å²) in [7, 11) is 2.04. The Morgan fingerprint density at radius 2 is 1.92 bits per heavy atom. The number of hydrogen-bond donors (Lipinski definition) is 2. The lowest BCUT2D eigenvalue weighted by molar-refractivity contribution is -0.961. The Morgan fingerprint density at radius 3 is 2.42 bits per heavy atom. The predicted molar refractivity (Wildman–Crippen MR) is 49.3 cm³/mol. The minimum atomic E-state index is 0.398. The molecular weight excluding hydrogens is 150 g/mol. The largest absolute Gasteiger partial charge is 0.314 e. The van der Waals surface area contributed by atoms with Crippen molar-refractivity contribution in [1.29, 1.82) is 0 Å². The number of fused-ring (bicyclic) bond motifs is 1. The van der Waals surface area contributed by atoms with E-state index >= 15 is 0 Å². The van der Waals surface area contributed by atoms with E-state index in [-0.39, 0.29) is 0 Å². The van der Waals surface area contributed by atoms with Crippen LogP contribution >= 0.6 is 0 Å². The maximum atomic E-state index is 6.38. The van der Waals surface area contributed by atoms with E-state index in [9.17, 15) is 0 Å². The van der Waals surface area contributed by atoms with Gasteiger partial charge < -0.3 is 5.32 Å². The summed E-state index contributed by atoms with van der Waals surface area (Å²) in [4.78, 5) is 0. The fraction of sp³-hybridized carbons (Fsp3) is 1.00. The van der Waals surface area contributed by atoms with Crippen molar-refractivity contribution in [2.45, 2.75) is 31.2 Å². The molecule has 3 heteroatoms. The second-order valence-corrected chi connectivity index (χ2v) is 4.44. The molecule has 12 heavy (non-hydrogen) atoms. The standard InChI is InChI=1S/C9H20N3/c1-11-8-9-4-2-6-12(9,10)7-3-5-9/h11H,2-8,10H2,1H3/q+1. The van der Waals surface area contributed by atoms with Crippen molar-refractivity contribution in [3.63, 3.8) is 0 Å². The first kappa shape index (κ1) is 8.48. The van der Waals surface area contributed by atoms with Crippen LogP contribution in [-0.2, 0) is 0 Å². The van der Waals surface area contributed by atoms with Crippen LogP contribution in [0.25, 0.3) is 0 Å². The molecule has 2 aliphatic rings. The third-order valence-corrected chi connectivity index (χ3v) is 3.85. The third-order valence-electron chi connectivity index (χ3n) is 3.85. The quantitative estimate of drug-likeness (QED) is 0.460. The van der Waals surface area contributed by atoms with Crippen LogP contribution in [0.4, 0.5) is 0 Å². The molecular formula is C9H20N3+. The van der Waals surface area contributed by atoms with Gasteiger partial charge >= 0.3 is 0 Å². The van der Waals surface area contributed by atoms with Crippen molar-refractivity contribution in [1.82, 2.24) is 5.32 Å². The Labute approximate surface area is 74.5 Å². The van der Waals surface area contributed by atoms with E-state index < -0.39 is 0 Å².